The zero-order valence-electron chi connectivity index (χ0n) is 17.4. The molecule has 0 aromatic carbocycles. The van der Waals surface area contributed by atoms with Crippen molar-refractivity contribution in [2.24, 2.45) is 23.0 Å². The molecule has 0 bridgehead atoms. The summed E-state index contributed by atoms with van der Waals surface area (Å²) in [5.74, 6) is 2.15. The van der Waals surface area contributed by atoms with E-state index in [1.165, 1.54) is 70.6 Å². The van der Waals surface area contributed by atoms with Crippen LogP contribution in [0, 0.1) is 22.7 Å². The van der Waals surface area contributed by atoms with E-state index < -0.39 is 0 Å². The van der Waals surface area contributed by atoms with Gasteiger partial charge in [-0.15, -0.1) is 0 Å². The molecule has 3 N–H and O–H groups in total. The Balaban J connectivity index is 0.00000178. The van der Waals surface area contributed by atoms with Gasteiger partial charge in [-0.1, -0.05) is 79.1 Å². The lowest BCUT2D eigenvalue weighted by Gasteiger charge is -2.35. The van der Waals surface area contributed by atoms with Crippen LogP contribution in [0.15, 0.2) is 0 Å². The number of ketones is 1. The Morgan fingerprint density at radius 3 is 1.76 bits per heavy atom. The number of unbranched alkanes of at least 4 members (excludes halogenated alkanes) is 2. The average molecular weight is 353 g/mol. The highest BCUT2D eigenvalue weighted by molar-refractivity contribution is 5.86. The molecule has 0 heterocycles. The van der Waals surface area contributed by atoms with Crippen molar-refractivity contribution in [3.8, 4) is 0 Å². The summed E-state index contributed by atoms with van der Waals surface area (Å²) in [6.07, 6.45) is 16.7. The van der Waals surface area contributed by atoms with Crippen molar-refractivity contribution in [1.82, 2.24) is 0 Å². The highest BCUT2D eigenvalue weighted by Crippen LogP contribution is 2.47. The first-order valence-electron chi connectivity index (χ1n) is 10.8. The predicted octanol–water partition coefficient (Wildman–Crippen LogP) is 6.49. The first-order chi connectivity index (χ1) is 12.0. The van der Waals surface area contributed by atoms with Gasteiger partial charge < -0.3 is 5.73 Å². The topological polar surface area (TPSA) is 66.9 Å². The smallest absolute Gasteiger partial charge is 0.139 e. The van der Waals surface area contributed by atoms with E-state index in [1.54, 1.807) is 0 Å². The molecule has 0 amide bonds. The van der Waals surface area contributed by atoms with Gasteiger partial charge in [-0.2, -0.15) is 0 Å². The summed E-state index contributed by atoms with van der Waals surface area (Å²) in [4.78, 5) is 12.7. The largest absolute Gasteiger partial charge is 0.390 e. The molecule has 3 nitrogen and oxygen atoms in total. The van der Waals surface area contributed by atoms with Gasteiger partial charge in [0, 0.05) is 11.8 Å². The number of nitrogens with two attached hydrogens (primary N) is 1. The van der Waals surface area contributed by atoms with Crippen molar-refractivity contribution in [1.29, 1.82) is 5.41 Å². The molecule has 0 spiro atoms. The summed E-state index contributed by atoms with van der Waals surface area (Å²) < 4.78 is 0. The molecule has 1 rings (SSSR count). The number of Topliss-reactive ketones (excluding diaryl/α,β-unsaturated/α-hetero) is 1. The van der Waals surface area contributed by atoms with Gasteiger partial charge in [-0.3, -0.25) is 10.2 Å². The van der Waals surface area contributed by atoms with E-state index in [9.17, 15) is 4.79 Å². The highest BCUT2D eigenvalue weighted by Gasteiger charge is 2.43. The van der Waals surface area contributed by atoms with Crippen molar-refractivity contribution in [2.75, 3.05) is 0 Å². The first-order valence-corrected chi connectivity index (χ1v) is 10.8. The molecule has 25 heavy (non-hydrogen) atoms. The van der Waals surface area contributed by atoms with Crippen LogP contribution in [0.3, 0.4) is 0 Å². The van der Waals surface area contributed by atoms with Gasteiger partial charge >= 0.3 is 0 Å². The number of hydrogen-bond acceptors (Lipinski definition) is 2. The molecule has 148 valence electrons. The lowest BCUT2D eigenvalue weighted by molar-refractivity contribution is -0.128. The van der Waals surface area contributed by atoms with Crippen molar-refractivity contribution < 1.29 is 4.79 Å². The average Bonchev–Trinajstić information content (AvgIpc) is 2.96. The van der Waals surface area contributed by atoms with E-state index in [0.717, 1.165) is 31.0 Å². The van der Waals surface area contributed by atoms with E-state index in [2.05, 4.69) is 33.4 Å². The Morgan fingerprint density at radius 1 is 1.04 bits per heavy atom. The van der Waals surface area contributed by atoms with Gasteiger partial charge in [0.05, 0.1) is 6.34 Å². The minimum absolute atomic E-state index is 0.0584. The standard InChI is InChI=1S/C21H40O.CH4N2/c1-5-9-12-18(7-3)16-21(15-11-14-20(21)22)17-19(8-4)13-10-6-2;2-1-3/h18-19H,5-17H2,1-4H3;1H,(H3,2,3). The molecule has 0 aromatic rings. The minimum Gasteiger partial charge on any atom is -0.390 e. The van der Waals surface area contributed by atoms with E-state index >= 15 is 0 Å². The van der Waals surface area contributed by atoms with Gasteiger partial charge in [0.15, 0.2) is 0 Å². The molecule has 2 unspecified atom stereocenters. The number of carbonyl (C=O) groups is 1. The van der Waals surface area contributed by atoms with E-state index in [0.29, 0.717) is 5.78 Å². The summed E-state index contributed by atoms with van der Waals surface area (Å²) in [6.45, 7) is 9.20. The molecule has 1 fully saturated rings. The molecule has 0 saturated heterocycles. The van der Waals surface area contributed by atoms with Crippen LogP contribution in [0.5, 0.6) is 0 Å². The van der Waals surface area contributed by atoms with Crippen LogP contribution in [0.25, 0.3) is 0 Å². The summed E-state index contributed by atoms with van der Waals surface area (Å²) in [7, 11) is 0. The second-order valence-electron chi connectivity index (χ2n) is 7.96. The second kappa shape index (κ2) is 14.3. The van der Waals surface area contributed by atoms with Crippen LogP contribution in [-0.4, -0.2) is 12.1 Å². The van der Waals surface area contributed by atoms with E-state index in [1.807, 2.05) is 0 Å². The SMILES string of the molecule is CCCCC(CC)CC1(CC(CC)CCCC)CCCC1=O.N=CN. The monoisotopic (exact) mass is 352 g/mol. The fourth-order valence-electron chi connectivity index (χ4n) is 4.50. The van der Waals surface area contributed by atoms with Crippen molar-refractivity contribution in [3.05, 3.63) is 0 Å². The third-order valence-electron chi connectivity index (χ3n) is 6.10. The first kappa shape index (κ1) is 24.1. The molecule has 3 heteroatoms. The molecular formula is C22H44N2O. The number of carbonyl (C=O) groups excluding carboxylic acids is 1. The summed E-state index contributed by atoms with van der Waals surface area (Å²) >= 11 is 0. The van der Waals surface area contributed by atoms with E-state index in [-0.39, 0.29) is 5.41 Å². The minimum atomic E-state index is 0.0584. The Bertz CT molecular complexity index is 336. The van der Waals surface area contributed by atoms with Crippen LogP contribution in [0.4, 0.5) is 0 Å². The van der Waals surface area contributed by atoms with Crippen molar-refractivity contribution in [3.63, 3.8) is 0 Å². The van der Waals surface area contributed by atoms with Gasteiger partial charge in [0.1, 0.15) is 5.78 Å². The summed E-state index contributed by atoms with van der Waals surface area (Å²) in [5.41, 5.74) is 4.45. The van der Waals surface area contributed by atoms with Crippen molar-refractivity contribution >= 4 is 12.1 Å². The maximum Gasteiger partial charge on any atom is 0.139 e. The van der Waals surface area contributed by atoms with Crippen LogP contribution >= 0.6 is 0 Å². The molecule has 1 saturated carbocycles. The maximum atomic E-state index is 12.7. The van der Waals surface area contributed by atoms with E-state index in [4.69, 9.17) is 5.41 Å². The second-order valence-corrected chi connectivity index (χ2v) is 7.96. The van der Waals surface area contributed by atoms with Gasteiger partial charge in [0.2, 0.25) is 0 Å². The molecule has 0 aliphatic heterocycles. The van der Waals surface area contributed by atoms with Crippen LogP contribution in [0.1, 0.15) is 111 Å². The number of nitrogens with one attached hydrogen (secondary N) is 1. The zero-order valence-corrected chi connectivity index (χ0v) is 17.4. The highest BCUT2D eigenvalue weighted by atomic mass is 16.1. The van der Waals surface area contributed by atoms with Gasteiger partial charge in [0.25, 0.3) is 0 Å². The van der Waals surface area contributed by atoms with Crippen LogP contribution in [-0.2, 0) is 4.79 Å². The third-order valence-corrected chi connectivity index (χ3v) is 6.10. The normalized spacial score (nSPS) is 22.2. The maximum absolute atomic E-state index is 12.7. The number of rotatable bonds is 12. The van der Waals surface area contributed by atoms with Crippen LogP contribution < -0.4 is 5.73 Å². The fourth-order valence-corrected chi connectivity index (χ4v) is 4.50. The summed E-state index contributed by atoms with van der Waals surface area (Å²) in [5, 5.41) is 5.86. The van der Waals surface area contributed by atoms with Gasteiger partial charge in [-0.25, -0.2) is 0 Å². The Morgan fingerprint density at radius 2 is 1.48 bits per heavy atom. The molecule has 0 radical (unpaired) electrons. The Kier molecular flexibility index (Phi) is 13.8. The predicted molar refractivity (Wildman–Crippen MR) is 110 cm³/mol. The molecule has 1 aliphatic carbocycles. The lowest BCUT2D eigenvalue weighted by atomic mass is 9.69. The Labute approximate surface area is 157 Å². The molecule has 2 atom stereocenters. The molecule has 1 aliphatic rings. The lowest BCUT2D eigenvalue weighted by Crippen LogP contribution is -2.31. The third kappa shape index (κ3) is 8.87. The van der Waals surface area contributed by atoms with Crippen LogP contribution in [0.2, 0.25) is 0 Å². The summed E-state index contributed by atoms with van der Waals surface area (Å²) in [6, 6.07) is 0. The fraction of sp³-hybridized carbons (Fsp3) is 0.909. The molecular weight excluding hydrogens is 308 g/mol. The molecule has 0 aromatic heterocycles. The zero-order chi connectivity index (χ0) is 19.1. The van der Waals surface area contributed by atoms with Crippen molar-refractivity contribution in [2.45, 2.75) is 111 Å². The quantitative estimate of drug-likeness (QED) is 0.311. The Hall–Kier alpha value is -0.860. The number of hydrogen-bond donors (Lipinski definition) is 2. The van der Waals surface area contributed by atoms with Gasteiger partial charge in [-0.05, 0) is 37.5 Å².